The van der Waals surface area contributed by atoms with E-state index in [0.29, 0.717) is 11.8 Å². The molecule has 0 spiro atoms. The molecule has 0 bridgehead atoms. The summed E-state index contributed by atoms with van der Waals surface area (Å²) >= 11 is 0. The maximum atomic E-state index is 6.15. The van der Waals surface area contributed by atoms with Crippen molar-refractivity contribution in [3.05, 3.63) is 231 Å². The highest BCUT2D eigenvalue weighted by molar-refractivity contribution is 6.10. The Kier molecular flexibility index (Phi) is 8.74. The van der Waals surface area contributed by atoms with Crippen molar-refractivity contribution in [1.29, 1.82) is 0 Å². The molecular weight excluding hydrogens is 809 g/mol. The second-order valence-corrected chi connectivity index (χ2v) is 16.6. The summed E-state index contributed by atoms with van der Waals surface area (Å²) in [5.74, 6) is 1.24. The largest absolute Gasteiger partial charge is 0.436 e. The average molecular weight is 847 g/mol. The van der Waals surface area contributed by atoms with Gasteiger partial charge in [0.2, 0.25) is 11.8 Å². The molecule has 0 aliphatic heterocycles. The van der Waals surface area contributed by atoms with Gasteiger partial charge in [-0.1, -0.05) is 127 Å². The van der Waals surface area contributed by atoms with Gasteiger partial charge in [0.05, 0.1) is 16.7 Å². The summed E-state index contributed by atoms with van der Waals surface area (Å²) in [6.45, 7) is 0. The molecule has 66 heavy (non-hydrogen) atoms. The molecule has 310 valence electrons. The van der Waals surface area contributed by atoms with Crippen molar-refractivity contribution in [2.24, 2.45) is 0 Å². The Hall–Kier alpha value is -9.00. The van der Waals surface area contributed by atoms with Crippen molar-refractivity contribution in [1.82, 2.24) is 14.5 Å². The van der Waals surface area contributed by atoms with Crippen LogP contribution in [0.2, 0.25) is 0 Å². The van der Waals surface area contributed by atoms with Crippen LogP contribution in [0.15, 0.2) is 239 Å². The Balaban J connectivity index is 0.787. The van der Waals surface area contributed by atoms with E-state index in [1.807, 2.05) is 48.5 Å². The minimum atomic E-state index is 0.611. The van der Waals surface area contributed by atoms with E-state index < -0.39 is 0 Å². The molecule has 0 saturated heterocycles. The molecule has 0 aliphatic carbocycles. The molecular formula is C60H38N4O2. The van der Waals surface area contributed by atoms with E-state index in [-0.39, 0.29) is 0 Å². The van der Waals surface area contributed by atoms with E-state index in [9.17, 15) is 0 Å². The number of oxazole rings is 2. The van der Waals surface area contributed by atoms with E-state index in [4.69, 9.17) is 18.8 Å². The second kappa shape index (κ2) is 15.4. The highest BCUT2D eigenvalue weighted by Gasteiger charge is 2.18. The van der Waals surface area contributed by atoms with Crippen molar-refractivity contribution < 1.29 is 8.83 Å². The van der Waals surface area contributed by atoms with Crippen LogP contribution < -0.4 is 4.90 Å². The summed E-state index contributed by atoms with van der Waals surface area (Å²) in [6, 6.07) is 80.9. The third kappa shape index (κ3) is 6.42. The Morgan fingerprint density at radius 1 is 0.348 bits per heavy atom. The minimum absolute atomic E-state index is 0.611. The fraction of sp³-hybridized carbons (Fsp3) is 0. The number of aromatic nitrogens is 3. The summed E-state index contributed by atoms with van der Waals surface area (Å²) in [7, 11) is 0. The van der Waals surface area contributed by atoms with Crippen molar-refractivity contribution in [3.8, 4) is 50.8 Å². The number of rotatable bonds is 8. The zero-order valence-electron chi connectivity index (χ0n) is 35.5. The minimum Gasteiger partial charge on any atom is -0.436 e. The lowest BCUT2D eigenvalue weighted by molar-refractivity contribution is 0.619. The number of anilines is 3. The molecule has 3 aromatic heterocycles. The first-order chi connectivity index (χ1) is 32.7. The Bertz CT molecular complexity index is 3850. The van der Waals surface area contributed by atoms with Gasteiger partial charge in [-0.15, -0.1) is 0 Å². The summed E-state index contributed by atoms with van der Waals surface area (Å²) in [5.41, 5.74) is 16.4. The molecule has 0 N–H and O–H groups in total. The molecule has 3 heterocycles. The van der Waals surface area contributed by atoms with Crippen molar-refractivity contribution in [2.75, 3.05) is 4.90 Å². The molecule has 0 fully saturated rings. The Labute approximate surface area is 379 Å². The first-order valence-corrected chi connectivity index (χ1v) is 22.1. The van der Waals surface area contributed by atoms with Gasteiger partial charge in [-0.05, 0) is 131 Å². The summed E-state index contributed by atoms with van der Waals surface area (Å²) in [6.07, 6.45) is 0. The van der Waals surface area contributed by atoms with Crippen molar-refractivity contribution in [2.45, 2.75) is 0 Å². The molecule has 13 rings (SSSR count). The normalized spacial score (nSPS) is 11.6. The van der Waals surface area contributed by atoms with Crippen LogP contribution in [0.1, 0.15) is 0 Å². The van der Waals surface area contributed by atoms with Crippen LogP contribution in [0.4, 0.5) is 17.1 Å². The summed E-state index contributed by atoms with van der Waals surface area (Å²) in [5, 5.41) is 4.71. The third-order valence-electron chi connectivity index (χ3n) is 12.7. The SMILES string of the molecule is c1ccc2c(N(c3ccc(-c4ccc(-c5ccc(-n6c7ccccc7c7cc(-c8nc9ccccc9o8)ccc76)cc5)cc4)cc3)c3ccc(-c4nc5ccccc5o4)cc3)cccc2c1. The van der Waals surface area contributed by atoms with E-state index in [1.165, 1.54) is 16.2 Å². The molecule has 13 aromatic rings. The zero-order valence-corrected chi connectivity index (χ0v) is 35.5. The number of nitrogens with zero attached hydrogens (tertiary/aromatic N) is 4. The van der Waals surface area contributed by atoms with Crippen LogP contribution in [0.5, 0.6) is 0 Å². The zero-order chi connectivity index (χ0) is 43.6. The van der Waals surface area contributed by atoms with Gasteiger partial charge in [0.1, 0.15) is 11.0 Å². The van der Waals surface area contributed by atoms with Crippen molar-refractivity contribution >= 4 is 71.8 Å². The monoisotopic (exact) mass is 846 g/mol. The van der Waals surface area contributed by atoms with Gasteiger partial charge in [0.15, 0.2) is 11.2 Å². The Morgan fingerprint density at radius 2 is 0.818 bits per heavy atom. The Morgan fingerprint density at radius 3 is 1.45 bits per heavy atom. The molecule has 0 saturated carbocycles. The quantitative estimate of drug-likeness (QED) is 0.152. The fourth-order valence-electron chi connectivity index (χ4n) is 9.42. The van der Waals surface area contributed by atoms with Crippen LogP contribution in [-0.2, 0) is 0 Å². The van der Waals surface area contributed by atoms with Gasteiger partial charge in [0, 0.05) is 44.3 Å². The van der Waals surface area contributed by atoms with Gasteiger partial charge in [0.25, 0.3) is 0 Å². The van der Waals surface area contributed by atoms with Crippen LogP contribution in [0, 0.1) is 0 Å². The summed E-state index contributed by atoms with van der Waals surface area (Å²) < 4.78 is 14.6. The summed E-state index contributed by atoms with van der Waals surface area (Å²) in [4.78, 5) is 11.8. The van der Waals surface area contributed by atoms with E-state index in [0.717, 1.165) is 94.7 Å². The predicted octanol–water partition coefficient (Wildman–Crippen LogP) is 16.4. The number of benzene rings is 10. The van der Waals surface area contributed by atoms with Gasteiger partial charge < -0.3 is 18.3 Å². The second-order valence-electron chi connectivity index (χ2n) is 16.6. The molecule has 0 aliphatic rings. The van der Waals surface area contributed by atoms with Crippen LogP contribution in [0.25, 0.3) is 106 Å². The molecule has 6 nitrogen and oxygen atoms in total. The first-order valence-electron chi connectivity index (χ1n) is 22.1. The maximum Gasteiger partial charge on any atom is 0.227 e. The fourth-order valence-corrected chi connectivity index (χ4v) is 9.42. The lowest BCUT2D eigenvalue weighted by atomic mass is 9.99. The van der Waals surface area contributed by atoms with Crippen LogP contribution in [-0.4, -0.2) is 14.5 Å². The van der Waals surface area contributed by atoms with Gasteiger partial charge in [-0.2, -0.15) is 0 Å². The van der Waals surface area contributed by atoms with Gasteiger partial charge in [-0.25, -0.2) is 9.97 Å². The van der Waals surface area contributed by atoms with Crippen molar-refractivity contribution in [3.63, 3.8) is 0 Å². The highest BCUT2D eigenvalue weighted by atomic mass is 16.4. The number of para-hydroxylation sites is 5. The topological polar surface area (TPSA) is 60.2 Å². The molecule has 10 aromatic carbocycles. The molecule has 0 atom stereocenters. The lowest BCUT2D eigenvalue weighted by Crippen LogP contribution is -2.10. The lowest BCUT2D eigenvalue weighted by Gasteiger charge is -2.27. The maximum absolute atomic E-state index is 6.15. The molecule has 0 amide bonds. The predicted molar refractivity (Wildman–Crippen MR) is 270 cm³/mol. The standard InChI is InChI=1S/C60H38N4O2/c1-2-12-49-43(10-1)11-9-17-54(49)63(47-35-28-44(29-36-47)59-61-52-14-4-7-18-57(52)65-59)46-31-24-41(25-32-46)39-20-22-40(23-21-39)42-26-33-48(34-27-42)64-55-16-6-3-13-50(55)51-38-45(30-37-56(51)64)60-62-53-15-5-8-19-58(53)66-60/h1-38H. The number of hydrogen-bond donors (Lipinski definition) is 0. The third-order valence-corrected chi connectivity index (χ3v) is 12.7. The molecule has 6 heteroatoms. The van der Waals surface area contributed by atoms with Crippen LogP contribution >= 0.6 is 0 Å². The van der Waals surface area contributed by atoms with Gasteiger partial charge in [-0.3, -0.25) is 0 Å². The van der Waals surface area contributed by atoms with E-state index in [1.54, 1.807) is 0 Å². The van der Waals surface area contributed by atoms with Gasteiger partial charge >= 0.3 is 0 Å². The average Bonchev–Trinajstić information content (AvgIpc) is 4.11. The molecule has 0 unspecified atom stereocenters. The highest BCUT2D eigenvalue weighted by Crippen LogP contribution is 2.41. The number of hydrogen-bond acceptors (Lipinski definition) is 5. The smallest absolute Gasteiger partial charge is 0.227 e. The van der Waals surface area contributed by atoms with Crippen LogP contribution in [0.3, 0.4) is 0 Å². The van der Waals surface area contributed by atoms with E-state index >= 15 is 0 Å². The van der Waals surface area contributed by atoms with E-state index in [2.05, 4.69) is 191 Å². The number of fused-ring (bicyclic) bond motifs is 6. The molecule has 0 radical (unpaired) electrons. The first kappa shape index (κ1) is 37.5.